The van der Waals surface area contributed by atoms with Gasteiger partial charge in [-0.1, -0.05) is 0 Å². The van der Waals surface area contributed by atoms with Gasteiger partial charge in [0.2, 0.25) is 0 Å². The third-order valence-electron chi connectivity index (χ3n) is 3.82. The monoisotopic (exact) mass is 350 g/mol. The third-order valence-corrected chi connectivity index (χ3v) is 3.82. The highest BCUT2D eigenvalue weighted by molar-refractivity contribution is 6.05. The first-order chi connectivity index (χ1) is 12.6. The molecule has 0 aliphatic rings. The molecule has 1 aromatic heterocycles. The minimum absolute atomic E-state index is 0.241. The first-order valence-corrected chi connectivity index (χ1v) is 7.98. The quantitative estimate of drug-likeness (QED) is 0.726. The molecule has 3 rings (SSSR count). The van der Waals surface area contributed by atoms with Crippen LogP contribution < -0.4 is 15.4 Å². The number of carbonyl (C=O) groups is 2. The van der Waals surface area contributed by atoms with Gasteiger partial charge in [0.25, 0.3) is 11.8 Å². The Hall–Kier alpha value is -3.54. The standard InChI is InChI=1S/C20H18N2O4/c1-13-11-12-26-18(13)20(24)22-15-5-3-14(4-6-15)19(23)21-16-7-9-17(25-2)10-8-16/h3-12H,1-2H3,(H,21,23)(H,22,24). The van der Waals surface area contributed by atoms with Gasteiger partial charge in [0.1, 0.15) is 5.75 Å². The molecule has 2 aromatic carbocycles. The number of hydrogen-bond donors (Lipinski definition) is 2. The summed E-state index contributed by atoms with van der Waals surface area (Å²) in [6.07, 6.45) is 1.47. The summed E-state index contributed by atoms with van der Waals surface area (Å²) in [5.74, 6) is 0.416. The van der Waals surface area contributed by atoms with E-state index in [1.54, 1.807) is 68.6 Å². The van der Waals surface area contributed by atoms with Gasteiger partial charge in [0.15, 0.2) is 5.76 Å². The van der Waals surface area contributed by atoms with Gasteiger partial charge < -0.3 is 19.8 Å². The average molecular weight is 350 g/mol. The number of aryl methyl sites for hydroxylation is 1. The zero-order chi connectivity index (χ0) is 18.5. The smallest absolute Gasteiger partial charge is 0.291 e. The molecule has 0 atom stereocenters. The summed E-state index contributed by atoms with van der Waals surface area (Å²) < 4.78 is 10.2. The van der Waals surface area contributed by atoms with Crippen molar-refractivity contribution in [1.82, 2.24) is 0 Å². The fourth-order valence-corrected chi connectivity index (χ4v) is 2.38. The molecule has 0 aliphatic carbocycles. The minimum Gasteiger partial charge on any atom is -0.497 e. The minimum atomic E-state index is -0.331. The maximum atomic E-state index is 12.3. The van der Waals surface area contributed by atoms with Crippen molar-refractivity contribution in [2.45, 2.75) is 6.92 Å². The van der Waals surface area contributed by atoms with E-state index < -0.39 is 0 Å². The van der Waals surface area contributed by atoms with Gasteiger partial charge in [0.05, 0.1) is 13.4 Å². The summed E-state index contributed by atoms with van der Waals surface area (Å²) in [5, 5.41) is 5.54. The summed E-state index contributed by atoms with van der Waals surface area (Å²) in [7, 11) is 1.58. The predicted octanol–water partition coefficient (Wildman–Crippen LogP) is 4.10. The number of methoxy groups -OCH3 is 1. The molecule has 1 heterocycles. The number of anilines is 2. The lowest BCUT2D eigenvalue weighted by Crippen LogP contribution is -2.13. The van der Waals surface area contributed by atoms with Gasteiger partial charge in [0, 0.05) is 22.5 Å². The van der Waals surface area contributed by atoms with Gasteiger partial charge >= 0.3 is 0 Å². The molecule has 3 aromatic rings. The number of amides is 2. The van der Waals surface area contributed by atoms with E-state index in [2.05, 4.69) is 10.6 Å². The summed E-state index contributed by atoms with van der Waals surface area (Å²) >= 11 is 0. The number of furan rings is 1. The van der Waals surface area contributed by atoms with E-state index in [0.29, 0.717) is 16.9 Å². The fourth-order valence-electron chi connectivity index (χ4n) is 2.38. The van der Waals surface area contributed by atoms with E-state index in [1.165, 1.54) is 6.26 Å². The zero-order valence-corrected chi connectivity index (χ0v) is 14.4. The van der Waals surface area contributed by atoms with Crippen LogP contribution in [0, 0.1) is 6.92 Å². The number of carbonyl (C=O) groups excluding carboxylic acids is 2. The Morgan fingerprint density at radius 1 is 0.846 bits per heavy atom. The van der Waals surface area contributed by atoms with Crippen LogP contribution in [0.4, 0.5) is 11.4 Å². The number of rotatable bonds is 5. The highest BCUT2D eigenvalue weighted by atomic mass is 16.5. The molecule has 0 spiro atoms. The van der Waals surface area contributed by atoms with Crippen LogP contribution in [-0.2, 0) is 0 Å². The van der Waals surface area contributed by atoms with Crippen molar-refractivity contribution in [3.05, 3.63) is 77.7 Å². The van der Waals surface area contributed by atoms with Crippen LogP contribution in [0.1, 0.15) is 26.5 Å². The first-order valence-electron chi connectivity index (χ1n) is 7.98. The maximum Gasteiger partial charge on any atom is 0.291 e. The fraction of sp³-hybridized carbons (Fsp3) is 0.100. The normalized spacial score (nSPS) is 10.2. The van der Waals surface area contributed by atoms with E-state index >= 15 is 0 Å². The summed E-state index contributed by atoms with van der Waals surface area (Å²) in [6.45, 7) is 1.80. The Bertz CT molecular complexity index is 912. The zero-order valence-electron chi connectivity index (χ0n) is 14.4. The predicted molar refractivity (Wildman–Crippen MR) is 98.8 cm³/mol. The highest BCUT2D eigenvalue weighted by Gasteiger charge is 2.13. The van der Waals surface area contributed by atoms with Gasteiger partial charge in [-0.3, -0.25) is 9.59 Å². The van der Waals surface area contributed by atoms with E-state index in [0.717, 1.165) is 11.3 Å². The van der Waals surface area contributed by atoms with Crippen LogP contribution in [0.3, 0.4) is 0 Å². The molecule has 0 aliphatic heterocycles. The van der Waals surface area contributed by atoms with Crippen molar-refractivity contribution in [3.8, 4) is 5.75 Å². The Morgan fingerprint density at radius 2 is 1.42 bits per heavy atom. The number of benzene rings is 2. The van der Waals surface area contributed by atoms with E-state index in [-0.39, 0.29) is 17.6 Å². The number of nitrogens with one attached hydrogen (secondary N) is 2. The third kappa shape index (κ3) is 3.92. The molecule has 0 fully saturated rings. The van der Waals surface area contributed by atoms with E-state index in [1.807, 2.05) is 0 Å². The maximum absolute atomic E-state index is 12.3. The van der Waals surface area contributed by atoms with E-state index in [4.69, 9.17) is 9.15 Å². The second kappa shape index (κ2) is 7.57. The SMILES string of the molecule is COc1ccc(NC(=O)c2ccc(NC(=O)c3occc3C)cc2)cc1. The van der Waals surface area contributed by atoms with Crippen molar-refractivity contribution < 1.29 is 18.7 Å². The molecule has 2 N–H and O–H groups in total. The lowest BCUT2D eigenvalue weighted by molar-refractivity contribution is 0.0994. The van der Waals surface area contributed by atoms with Crippen molar-refractivity contribution in [1.29, 1.82) is 0 Å². The molecule has 2 amide bonds. The van der Waals surface area contributed by atoms with Crippen LogP contribution in [0.15, 0.2) is 65.3 Å². The molecule has 0 saturated heterocycles. The van der Waals surface area contributed by atoms with Crippen molar-refractivity contribution in [2.75, 3.05) is 17.7 Å². The molecule has 0 bridgehead atoms. The van der Waals surface area contributed by atoms with Crippen molar-refractivity contribution in [3.63, 3.8) is 0 Å². The molecule has 0 saturated carbocycles. The molecular formula is C20H18N2O4. The van der Waals surface area contributed by atoms with Gasteiger partial charge in [-0.05, 0) is 61.5 Å². The second-order valence-corrected chi connectivity index (χ2v) is 5.65. The van der Waals surface area contributed by atoms with E-state index in [9.17, 15) is 9.59 Å². The molecular weight excluding hydrogens is 332 g/mol. The molecule has 6 heteroatoms. The lowest BCUT2D eigenvalue weighted by Gasteiger charge is -2.08. The molecule has 132 valence electrons. The average Bonchev–Trinajstić information content (AvgIpc) is 3.09. The Kier molecular flexibility index (Phi) is 5.03. The van der Waals surface area contributed by atoms with Crippen molar-refractivity contribution in [2.24, 2.45) is 0 Å². The van der Waals surface area contributed by atoms with Crippen molar-refractivity contribution >= 4 is 23.2 Å². The summed E-state index contributed by atoms with van der Waals surface area (Å²) in [5.41, 5.74) is 2.49. The van der Waals surface area contributed by atoms with Crippen LogP contribution in [-0.4, -0.2) is 18.9 Å². The lowest BCUT2D eigenvalue weighted by atomic mass is 10.2. The van der Waals surface area contributed by atoms with Crippen LogP contribution in [0.25, 0.3) is 0 Å². The molecule has 26 heavy (non-hydrogen) atoms. The Balaban J connectivity index is 1.63. The Labute approximate surface area is 150 Å². The first kappa shape index (κ1) is 17.3. The largest absolute Gasteiger partial charge is 0.497 e. The van der Waals surface area contributed by atoms with Crippen LogP contribution in [0.2, 0.25) is 0 Å². The Morgan fingerprint density at radius 3 is 1.96 bits per heavy atom. The topological polar surface area (TPSA) is 80.6 Å². The highest BCUT2D eigenvalue weighted by Crippen LogP contribution is 2.17. The molecule has 0 radical (unpaired) electrons. The molecule has 0 unspecified atom stereocenters. The summed E-state index contributed by atoms with van der Waals surface area (Å²) in [4.78, 5) is 24.4. The van der Waals surface area contributed by atoms with Gasteiger partial charge in [-0.15, -0.1) is 0 Å². The van der Waals surface area contributed by atoms with Crippen LogP contribution >= 0.6 is 0 Å². The van der Waals surface area contributed by atoms with Gasteiger partial charge in [-0.2, -0.15) is 0 Å². The second-order valence-electron chi connectivity index (χ2n) is 5.65. The van der Waals surface area contributed by atoms with Crippen LogP contribution in [0.5, 0.6) is 5.75 Å². The number of ether oxygens (including phenoxy) is 1. The number of hydrogen-bond acceptors (Lipinski definition) is 4. The van der Waals surface area contributed by atoms with Gasteiger partial charge in [-0.25, -0.2) is 0 Å². The molecule has 6 nitrogen and oxygen atoms in total. The summed E-state index contributed by atoms with van der Waals surface area (Å²) in [6, 6.07) is 15.4.